The highest BCUT2D eigenvalue weighted by atomic mass is 16.3. The number of carbonyl (C=O) groups is 1. The van der Waals surface area contributed by atoms with Gasteiger partial charge in [-0.15, -0.1) is 0 Å². The Morgan fingerprint density at radius 2 is 2.60 bits per heavy atom. The van der Waals surface area contributed by atoms with Gasteiger partial charge in [0.2, 0.25) is 0 Å². The van der Waals surface area contributed by atoms with Crippen molar-refractivity contribution in [3.05, 3.63) is 18.0 Å². The molecule has 0 saturated carbocycles. The number of H-pyrrole nitrogens is 1. The lowest BCUT2D eigenvalue weighted by atomic mass is 10.2. The minimum absolute atomic E-state index is 0.243. The second-order valence-corrected chi connectivity index (χ2v) is 1.80. The van der Waals surface area contributed by atoms with E-state index in [0.29, 0.717) is 0 Å². The summed E-state index contributed by atoms with van der Waals surface area (Å²) in [6.45, 7) is 0. The molecule has 0 aliphatic rings. The number of amides is 1. The molecule has 1 aromatic heterocycles. The molecule has 1 rings (SSSR count). The number of nitrogens with one attached hydrogen (secondary N) is 1. The van der Waals surface area contributed by atoms with Gasteiger partial charge in [0.05, 0.1) is 0 Å². The maximum Gasteiger partial charge on any atom is 0.252 e. The molecular weight excluding hydrogens is 134 g/mol. The van der Waals surface area contributed by atoms with Crippen LogP contribution in [0.1, 0.15) is 11.8 Å². The fraction of sp³-hybridized carbons (Fsp3) is 0.200. The van der Waals surface area contributed by atoms with Crippen LogP contribution in [0.5, 0.6) is 0 Å². The van der Waals surface area contributed by atoms with Gasteiger partial charge < -0.3 is 10.8 Å². The van der Waals surface area contributed by atoms with Gasteiger partial charge in [0.1, 0.15) is 5.69 Å². The van der Waals surface area contributed by atoms with Gasteiger partial charge in [0.25, 0.3) is 5.91 Å². The maximum atomic E-state index is 10.3. The van der Waals surface area contributed by atoms with E-state index < -0.39 is 12.0 Å². The summed E-state index contributed by atoms with van der Waals surface area (Å²) in [5.74, 6) is -0.799. The van der Waals surface area contributed by atoms with Crippen LogP contribution in [0.3, 0.4) is 0 Å². The molecule has 0 aromatic carbocycles. The third kappa shape index (κ3) is 1.14. The van der Waals surface area contributed by atoms with Crippen LogP contribution >= 0.6 is 0 Å². The van der Waals surface area contributed by atoms with Gasteiger partial charge in [0.15, 0.2) is 6.10 Å². The molecule has 1 aromatic rings. The smallest absolute Gasteiger partial charge is 0.252 e. The van der Waals surface area contributed by atoms with Crippen molar-refractivity contribution in [1.29, 1.82) is 0 Å². The van der Waals surface area contributed by atoms with Gasteiger partial charge in [-0.2, -0.15) is 5.10 Å². The summed E-state index contributed by atoms with van der Waals surface area (Å²) in [5.41, 5.74) is 5.03. The largest absolute Gasteiger partial charge is 0.377 e. The SMILES string of the molecule is NC(=O)C(O)c1cc[nH]n1. The number of aromatic amines is 1. The zero-order chi connectivity index (χ0) is 7.56. The topological polar surface area (TPSA) is 92.0 Å². The quantitative estimate of drug-likeness (QED) is 0.489. The highest BCUT2D eigenvalue weighted by molar-refractivity contribution is 5.79. The molecule has 4 N–H and O–H groups in total. The van der Waals surface area contributed by atoms with E-state index in [1.807, 2.05) is 0 Å². The van der Waals surface area contributed by atoms with Crippen molar-refractivity contribution in [3.63, 3.8) is 0 Å². The molecular formula is C5H7N3O2. The highest BCUT2D eigenvalue weighted by Gasteiger charge is 2.14. The second-order valence-electron chi connectivity index (χ2n) is 1.80. The predicted octanol–water partition coefficient (Wildman–Crippen LogP) is -1.07. The van der Waals surface area contributed by atoms with Gasteiger partial charge in [-0.25, -0.2) is 0 Å². The Hall–Kier alpha value is -1.36. The molecule has 0 fully saturated rings. The summed E-state index contributed by atoms with van der Waals surface area (Å²) in [6, 6.07) is 1.48. The first-order valence-electron chi connectivity index (χ1n) is 2.69. The molecule has 0 aliphatic heterocycles. The van der Waals surface area contributed by atoms with E-state index in [4.69, 9.17) is 10.8 Å². The van der Waals surface area contributed by atoms with Crippen LogP contribution in [-0.4, -0.2) is 21.2 Å². The van der Waals surface area contributed by atoms with Gasteiger partial charge in [-0.1, -0.05) is 0 Å². The zero-order valence-corrected chi connectivity index (χ0v) is 5.11. The molecule has 5 heteroatoms. The van der Waals surface area contributed by atoms with Crippen molar-refractivity contribution in [2.45, 2.75) is 6.10 Å². The van der Waals surface area contributed by atoms with Gasteiger partial charge in [0, 0.05) is 6.20 Å². The minimum Gasteiger partial charge on any atom is -0.377 e. The number of nitrogens with two attached hydrogens (primary N) is 1. The zero-order valence-electron chi connectivity index (χ0n) is 5.11. The van der Waals surface area contributed by atoms with Crippen molar-refractivity contribution in [2.24, 2.45) is 5.73 Å². The number of aliphatic hydroxyl groups is 1. The van der Waals surface area contributed by atoms with Crippen molar-refractivity contribution in [3.8, 4) is 0 Å². The summed E-state index contributed by atoms with van der Waals surface area (Å²) in [7, 11) is 0. The van der Waals surface area contributed by atoms with Gasteiger partial charge in [-0.3, -0.25) is 9.89 Å². The van der Waals surface area contributed by atoms with E-state index in [9.17, 15) is 4.79 Å². The average Bonchev–Trinajstić information content (AvgIpc) is 2.36. The number of rotatable bonds is 2. The minimum atomic E-state index is -1.30. The number of primary amides is 1. The number of hydrogen-bond acceptors (Lipinski definition) is 3. The number of aliphatic hydroxyl groups excluding tert-OH is 1. The molecule has 1 heterocycles. The average molecular weight is 141 g/mol. The molecule has 0 radical (unpaired) electrons. The number of carbonyl (C=O) groups excluding carboxylic acids is 1. The van der Waals surface area contributed by atoms with Crippen LogP contribution in [0.4, 0.5) is 0 Å². The highest BCUT2D eigenvalue weighted by Crippen LogP contribution is 2.05. The van der Waals surface area contributed by atoms with Crippen molar-refractivity contribution < 1.29 is 9.90 Å². The lowest BCUT2D eigenvalue weighted by molar-refractivity contribution is -0.126. The molecule has 1 amide bonds. The summed E-state index contributed by atoms with van der Waals surface area (Å²) >= 11 is 0. The number of hydrogen-bond donors (Lipinski definition) is 3. The van der Waals surface area contributed by atoms with Crippen LogP contribution in [0.2, 0.25) is 0 Å². The van der Waals surface area contributed by atoms with E-state index in [2.05, 4.69) is 10.2 Å². The van der Waals surface area contributed by atoms with Crippen LogP contribution in [0.15, 0.2) is 12.3 Å². The summed E-state index contributed by atoms with van der Waals surface area (Å²) in [4.78, 5) is 10.3. The van der Waals surface area contributed by atoms with Crippen molar-refractivity contribution >= 4 is 5.91 Å². The Morgan fingerprint density at radius 1 is 1.90 bits per heavy atom. The number of nitrogens with zero attached hydrogens (tertiary/aromatic N) is 1. The Kier molecular flexibility index (Phi) is 1.68. The molecule has 0 saturated heterocycles. The van der Waals surface area contributed by atoms with E-state index in [1.165, 1.54) is 12.3 Å². The van der Waals surface area contributed by atoms with E-state index in [1.54, 1.807) is 0 Å². The summed E-state index contributed by atoms with van der Waals surface area (Å²) in [5, 5.41) is 14.9. The Balaban J connectivity index is 2.77. The Bertz CT molecular complexity index is 219. The molecule has 54 valence electrons. The molecule has 1 atom stereocenters. The van der Waals surface area contributed by atoms with Crippen LogP contribution < -0.4 is 5.73 Å². The van der Waals surface area contributed by atoms with Crippen molar-refractivity contribution in [1.82, 2.24) is 10.2 Å². The fourth-order valence-electron chi connectivity index (χ4n) is 0.570. The first-order chi connectivity index (χ1) is 4.72. The normalized spacial score (nSPS) is 12.9. The fourth-order valence-corrected chi connectivity index (χ4v) is 0.570. The standard InChI is InChI=1S/C5H7N3O2/c6-5(10)4(9)3-1-2-7-8-3/h1-2,4,9H,(H2,6,10)(H,7,8). The first-order valence-corrected chi connectivity index (χ1v) is 2.69. The summed E-state index contributed by atoms with van der Waals surface area (Å²) in [6.07, 6.45) is 0.202. The molecule has 0 bridgehead atoms. The number of aromatic nitrogens is 2. The lowest BCUT2D eigenvalue weighted by Crippen LogP contribution is -2.21. The van der Waals surface area contributed by atoms with Gasteiger partial charge in [-0.05, 0) is 6.07 Å². The Labute approximate surface area is 56.9 Å². The predicted molar refractivity (Wildman–Crippen MR) is 32.7 cm³/mol. The van der Waals surface area contributed by atoms with Crippen LogP contribution in [-0.2, 0) is 4.79 Å². The lowest BCUT2D eigenvalue weighted by Gasteiger charge is -1.99. The first kappa shape index (κ1) is 6.76. The van der Waals surface area contributed by atoms with E-state index in [0.717, 1.165) is 0 Å². The molecule has 5 nitrogen and oxygen atoms in total. The molecule has 1 unspecified atom stereocenters. The maximum absolute atomic E-state index is 10.3. The van der Waals surface area contributed by atoms with E-state index >= 15 is 0 Å². The monoisotopic (exact) mass is 141 g/mol. The second kappa shape index (κ2) is 2.49. The Morgan fingerprint density at radius 3 is 3.00 bits per heavy atom. The third-order valence-electron chi connectivity index (χ3n) is 1.07. The molecule has 0 spiro atoms. The third-order valence-corrected chi connectivity index (χ3v) is 1.07. The van der Waals surface area contributed by atoms with Crippen molar-refractivity contribution in [2.75, 3.05) is 0 Å². The van der Waals surface area contributed by atoms with Gasteiger partial charge >= 0.3 is 0 Å². The molecule has 0 aliphatic carbocycles. The summed E-state index contributed by atoms with van der Waals surface area (Å²) < 4.78 is 0. The van der Waals surface area contributed by atoms with Crippen LogP contribution in [0, 0.1) is 0 Å². The van der Waals surface area contributed by atoms with Crippen LogP contribution in [0.25, 0.3) is 0 Å². The van der Waals surface area contributed by atoms with E-state index in [-0.39, 0.29) is 5.69 Å². The molecule has 10 heavy (non-hydrogen) atoms.